The van der Waals surface area contributed by atoms with Gasteiger partial charge in [-0.1, -0.05) is 135 Å². The molecule has 0 atom stereocenters. The Balaban J connectivity index is -0.0000000502. The van der Waals surface area contributed by atoms with E-state index in [1.807, 2.05) is 55.4 Å². The molecule has 0 aromatic heterocycles. The van der Waals surface area contributed by atoms with Gasteiger partial charge in [-0.2, -0.15) is 0 Å². The fraction of sp³-hybridized carbons (Fsp3) is 1.00. The summed E-state index contributed by atoms with van der Waals surface area (Å²) in [5.41, 5.74) is 0.684. The fourth-order valence-corrected chi connectivity index (χ4v) is 2.14. The first-order valence-corrected chi connectivity index (χ1v) is 11.2. The lowest BCUT2D eigenvalue weighted by atomic mass is 9.75. The van der Waals surface area contributed by atoms with E-state index in [0.717, 1.165) is 0 Å². The third kappa shape index (κ3) is 39.1. The second-order valence-corrected chi connectivity index (χ2v) is 4.71. The maximum absolute atomic E-state index is 2.34. The molecule has 0 spiro atoms. The molecule has 150 valence electrons. The second kappa shape index (κ2) is 49.5. The first-order chi connectivity index (χ1) is 11.2. The molecule has 0 aromatic rings. The van der Waals surface area contributed by atoms with Crippen LogP contribution < -0.4 is 0 Å². The summed E-state index contributed by atoms with van der Waals surface area (Å²) in [6.07, 6.45) is 10.9. The maximum atomic E-state index is 2.34. The number of rotatable bonds is 7. The average Bonchev–Trinajstić information content (AvgIpc) is 2.68. The van der Waals surface area contributed by atoms with E-state index < -0.39 is 0 Å². The highest BCUT2D eigenvalue weighted by atomic mass is 14.3. The summed E-state index contributed by atoms with van der Waals surface area (Å²) < 4.78 is 0. The highest BCUT2D eigenvalue weighted by Gasteiger charge is 2.23. The minimum atomic E-state index is 0.684. The molecular weight excluding hydrogens is 276 g/mol. The monoisotopic (exact) mass is 334 g/mol. The van der Waals surface area contributed by atoms with Crippen LogP contribution in [0.3, 0.4) is 0 Å². The molecular formula is C23H58. The van der Waals surface area contributed by atoms with E-state index >= 15 is 0 Å². The molecule has 0 nitrogen and oxygen atoms in total. The first kappa shape index (κ1) is 38.5. The van der Waals surface area contributed by atoms with Crippen molar-refractivity contribution in [1.82, 2.24) is 0 Å². The van der Waals surface area contributed by atoms with Crippen LogP contribution in [0.2, 0.25) is 0 Å². The minimum absolute atomic E-state index is 0.684. The van der Waals surface area contributed by atoms with E-state index in [2.05, 4.69) is 41.5 Å². The van der Waals surface area contributed by atoms with Crippen molar-refractivity contribution in [1.29, 1.82) is 0 Å². The van der Waals surface area contributed by atoms with E-state index in [9.17, 15) is 0 Å². The van der Waals surface area contributed by atoms with Crippen LogP contribution in [0.4, 0.5) is 0 Å². The van der Waals surface area contributed by atoms with Gasteiger partial charge in [0.15, 0.2) is 0 Å². The van der Waals surface area contributed by atoms with Gasteiger partial charge in [-0.05, 0) is 18.3 Å². The summed E-state index contributed by atoms with van der Waals surface area (Å²) in [5, 5.41) is 0. The Hall–Kier alpha value is 0. The standard InChI is InChI=1S/C11H24.C4H10.4C2H6/c1-5-9-11(7-3,8-4)10-6-2;1-3-4-2;4*1-2/h5-10H2,1-4H3;3-4H2,1-2H3;4*1-2H3. The van der Waals surface area contributed by atoms with E-state index in [-0.39, 0.29) is 0 Å². The molecule has 0 aromatic carbocycles. The fourth-order valence-electron chi connectivity index (χ4n) is 2.14. The topological polar surface area (TPSA) is 0 Å². The van der Waals surface area contributed by atoms with Crippen molar-refractivity contribution < 1.29 is 0 Å². The molecule has 0 amide bonds. The highest BCUT2D eigenvalue weighted by molar-refractivity contribution is 4.75. The van der Waals surface area contributed by atoms with Gasteiger partial charge in [0.25, 0.3) is 0 Å². The third-order valence-corrected chi connectivity index (χ3v) is 3.56. The highest BCUT2D eigenvalue weighted by Crippen LogP contribution is 2.36. The van der Waals surface area contributed by atoms with Crippen molar-refractivity contribution >= 4 is 0 Å². The van der Waals surface area contributed by atoms with Crippen molar-refractivity contribution in [3.63, 3.8) is 0 Å². The van der Waals surface area contributed by atoms with Gasteiger partial charge in [0.05, 0.1) is 0 Å². The first-order valence-electron chi connectivity index (χ1n) is 11.2. The predicted molar refractivity (Wildman–Crippen MR) is 119 cm³/mol. The summed E-state index contributed by atoms with van der Waals surface area (Å²) in [5.74, 6) is 0. The number of unbranched alkanes of at least 4 members (excludes halogenated alkanes) is 1. The largest absolute Gasteiger partial charge is 0.0683 e. The van der Waals surface area contributed by atoms with Crippen molar-refractivity contribution in [2.24, 2.45) is 5.41 Å². The smallest absolute Gasteiger partial charge is 0.0303 e. The van der Waals surface area contributed by atoms with Crippen molar-refractivity contribution in [3.8, 4) is 0 Å². The number of hydrogen-bond acceptors (Lipinski definition) is 0. The van der Waals surface area contributed by atoms with Gasteiger partial charge in [-0.15, -0.1) is 0 Å². The summed E-state index contributed by atoms with van der Waals surface area (Å²) in [4.78, 5) is 0. The minimum Gasteiger partial charge on any atom is -0.0683 e. The average molecular weight is 335 g/mol. The summed E-state index contributed by atoms with van der Waals surface area (Å²) in [7, 11) is 0. The Kier molecular flexibility index (Phi) is 82.9. The lowest BCUT2D eigenvalue weighted by Gasteiger charge is -2.31. The van der Waals surface area contributed by atoms with Crippen molar-refractivity contribution in [2.45, 2.75) is 148 Å². The Morgan fingerprint density at radius 2 is 0.609 bits per heavy atom. The van der Waals surface area contributed by atoms with Crippen LogP contribution in [0, 0.1) is 5.41 Å². The zero-order valence-electron chi connectivity index (χ0n) is 20.2. The zero-order chi connectivity index (χ0) is 20.2. The summed E-state index contributed by atoms with van der Waals surface area (Å²) >= 11 is 0. The van der Waals surface area contributed by atoms with Crippen LogP contribution in [0.25, 0.3) is 0 Å². The molecule has 23 heavy (non-hydrogen) atoms. The lowest BCUT2D eigenvalue weighted by Crippen LogP contribution is -2.17. The van der Waals surface area contributed by atoms with Gasteiger partial charge in [-0.25, -0.2) is 0 Å². The molecule has 0 unspecified atom stereocenters. The molecule has 0 rings (SSSR count). The Morgan fingerprint density at radius 3 is 0.696 bits per heavy atom. The summed E-state index contributed by atoms with van der Waals surface area (Å²) in [6.45, 7) is 29.6. The van der Waals surface area contributed by atoms with Crippen molar-refractivity contribution in [3.05, 3.63) is 0 Å². The Bertz CT molecular complexity index is 90.6. The van der Waals surface area contributed by atoms with Gasteiger partial charge in [0.2, 0.25) is 0 Å². The van der Waals surface area contributed by atoms with E-state index in [1.165, 1.54) is 51.4 Å². The molecule has 0 N–H and O–H groups in total. The molecule has 0 saturated carbocycles. The molecule has 0 heteroatoms. The van der Waals surface area contributed by atoms with E-state index in [0.29, 0.717) is 5.41 Å². The van der Waals surface area contributed by atoms with Crippen LogP contribution in [0.5, 0.6) is 0 Å². The molecule has 0 aliphatic rings. The van der Waals surface area contributed by atoms with Crippen LogP contribution in [0.15, 0.2) is 0 Å². The number of hydrogen-bond donors (Lipinski definition) is 0. The van der Waals surface area contributed by atoms with Crippen LogP contribution >= 0.6 is 0 Å². The molecule has 0 fully saturated rings. The quantitative estimate of drug-likeness (QED) is 0.434. The van der Waals surface area contributed by atoms with Gasteiger partial charge in [0, 0.05) is 0 Å². The van der Waals surface area contributed by atoms with E-state index in [1.54, 1.807) is 0 Å². The van der Waals surface area contributed by atoms with Gasteiger partial charge in [0.1, 0.15) is 0 Å². The second-order valence-electron chi connectivity index (χ2n) is 4.71. The molecule has 0 aliphatic heterocycles. The predicted octanol–water partition coefficient (Wildman–Crippen LogP) is 10.3. The van der Waals surface area contributed by atoms with Crippen LogP contribution in [-0.2, 0) is 0 Å². The summed E-state index contributed by atoms with van der Waals surface area (Å²) in [6, 6.07) is 0. The SMILES string of the molecule is CC.CC.CC.CC.CCCC.CCCC(CC)(CC)CCC. The zero-order valence-corrected chi connectivity index (χ0v) is 20.2. The molecule has 0 saturated heterocycles. The maximum Gasteiger partial charge on any atom is -0.0303 e. The molecule has 0 radical (unpaired) electrons. The molecule has 0 bridgehead atoms. The molecule has 0 heterocycles. The van der Waals surface area contributed by atoms with Crippen LogP contribution in [0.1, 0.15) is 148 Å². The van der Waals surface area contributed by atoms with E-state index in [4.69, 9.17) is 0 Å². The van der Waals surface area contributed by atoms with Gasteiger partial charge in [-0.3, -0.25) is 0 Å². The van der Waals surface area contributed by atoms with Crippen molar-refractivity contribution in [2.75, 3.05) is 0 Å². The third-order valence-electron chi connectivity index (χ3n) is 3.56. The Morgan fingerprint density at radius 1 is 0.391 bits per heavy atom. The van der Waals surface area contributed by atoms with Gasteiger partial charge < -0.3 is 0 Å². The normalized spacial score (nSPS) is 8.09. The van der Waals surface area contributed by atoms with Gasteiger partial charge >= 0.3 is 0 Å². The molecule has 0 aliphatic carbocycles. The Labute approximate surface area is 154 Å². The lowest BCUT2D eigenvalue weighted by molar-refractivity contribution is 0.214. The van der Waals surface area contributed by atoms with Crippen LogP contribution in [-0.4, -0.2) is 0 Å².